The molecule has 0 aliphatic rings. The number of alkyl halides is 2. The molecule has 1 aromatic rings. The normalized spacial score (nSPS) is 10.9. The summed E-state index contributed by atoms with van der Waals surface area (Å²) in [6.45, 7) is 1.70. The van der Waals surface area contributed by atoms with Gasteiger partial charge >= 0.3 is 0 Å². The zero-order valence-electron chi connectivity index (χ0n) is 7.02. The second kappa shape index (κ2) is 4.28. The number of halogens is 3. The number of hydrogen-bond acceptors (Lipinski definition) is 2. The fourth-order valence-electron chi connectivity index (χ4n) is 1.17. The standard InChI is InChI=1S/C8H9F2IN2/c1-4-7(8(9)10)5(3-12)2-6(11)13-4/h2,8H,3,12H2,1H3. The molecule has 0 atom stereocenters. The molecule has 0 aliphatic carbocycles. The minimum absolute atomic E-state index is 0.0251. The summed E-state index contributed by atoms with van der Waals surface area (Å²) < 4.78 is 25.7. The molecule has 1 rings (SSSR count). The predicted octanol–water partition coefficient (Wildman–Crippen LogP) is 2.39. The van der Waals surface area contributed by atoms with Crippen molar-refractivity contribution in [1.29, 1.82) is 0 Å². The Kier molecular flexibility index (Phi) is 3.55. The van der Waals surface area contributed by atoms with Gasteiger partial charge in [-0.3, -0.25) is 0 Å². The average molecular weight is 298 g/mol. The van der Waals surface area contributed by atoms with E-state index in [0.717, 1.165) is 0 Å². The van der Waals surface area contributed by atoms with Crippen molar-refractivity contribution in [3.8, 4) is 0 Å². The van der Waals surface area contributed by atoms with Crippen molar-refractivity contribution >= 4 is 22.6 Å². The smallest absolute Gasteiger partial charge is 0.265 e. The third-order valence-electron chi connectivity index (χ3n) is 1.74. The van der Waals surface area contributed by atoms with Crippen molar-refractivity contribution in [3.05, 3.63) is 26.6 Å². The highest BCUT2D eigenvalue weighted by atomic mass is 127. The summed E-state index contributed by atoms with van der Waals surface area (Å²) in [6, 6.07) is 1.59. The Morgan fingerprint density at radius 2 is 2.23 bits per heavy atom. The molecular weight excluding hydrogens is 289 g/mol. The van der Waals surface area contributed by atoms with Crippen LogP contribution in [0.25, 0.3) is 0 Å². The molecule has 13 heavy (non-hydrogen) atoms. The number of aryl methyl sites for hydroxylation is 1. The van der Waals surface area contributed by atoms with Gasteiger partial charge in [-0.25, -0.2) is 13.8 Å². The van der Waals surface area contributed by atoms with E-state index in [2.05, 4.69) is 4.98 Å². The lowest BCUT2D eigenvalue weighted by atomic mass is 10.1. The Morgan fingerprint density at radius 3 is 2.69 bits per heavy atom. The van der Waals surface area contributed by atoms with E-state index in [9.17, 15) is 8.78 Å². The molecule has 2 N–H and O–H groups in total. The highest BCUT2D eigenvalue weighted by Gasteiger charge is 2.16. The van der Waals surface area contributed by atoms with Crippen LogP contribution in [0.3, 0.4) is 0 Å². The van der Waals surface area contributed by atoms with Crippen LogP contribution >= 0.6 is 22.6 Å². The highest BCUT2D eigenvalue weighted by Crippen LogP contribution is 2.26. The number of nitrogens with zero attached hydrogens (tertiary/aromatic N) is 1. The summed E-state index contributed by atoms with van der Waals surface area (Å²) >= 11 is 1.98. The van der Waals surface area contributed by atoms with E-state index in [0.29, 0.717) is 15.0 Å². The molecule has 0 amide bonds. The SMILES string of the molecule is Cc1nc(I)cc(CN)c1C(F)F. The molecule has 1 heterocycles. The van der Waals surface area contributed by atoms with Crippen molar-refractivity contribution in [2.45, 2.75) is 19.9 Å². The first-order valence-corrected chi connectivity index (χ1v) is 4.78. The van der Waals surface area contributed by atoms with E-state index in [1.807, 2.05) is 22.6 Å². The van der Waals surface area contributed by atoms with Gasteiger partial charge in [0.25, 0.3) is 6.43 Å². The fourth-order valence-corrected chi connectivity index (χ4v) is 1.91. The second-order valence-electron chi connectivity index (χ2n) is 2.61. The van der Waals surface area contributed by atoms with E-state index < -0.39 is 6.43 Å². The van der Waals surface area contributed by atoms with Gasteiger partial charge in [0.15, 0.2) is 0 Å². The van der Waals surface area contributed by atoms with Gasteiger partial charge in [-0.05, 0) is 41.1 Å². The van der Waals surface area contributed by atoms with Crippen LogP contribution < -0.4 is 5.73 Å². The lowest BCUT2D eigenvalue weighted by molar-refractivity contribution is 0.149. The van der Waals surface area contributed by atoms with Gasteiger partial charge in [-0.15, -0.1) is 0 Å². The van der Waals surface area contributed by atoms with Gasteiger partial charge < -0.3 is 5.73 Å². The molecule has 0 fully saturated rings. The lowest BCUT2D eigenvalue weighted by Gasteiger charge is -2.09. The van der Waals surface area contributed by atoms with Gasteiger partial charge in [-0.2, -0.15) is 0 Å². The topological polar surface area (TPSA) is 38.9 Å². The van der Waals surface area contributed by atoms with Gasteiger partial charge in [-0.1, -0.05) is 0 Å². The molecule has 2 nitrogen and oxygen atoms in total. The largest absolute Gasteiger partial charge is 0.326 e. The van der Waals surface area contributed by atoms with E-state index in [1.165, 1.54) is 0 Å². The molecule has 0 saturated heterocycles. The minimum atomic E-state index is -2.50. The Labute approximate surface area is 88.7 Å². The van der Waals surface area contributed by atoms with E-state index >= 15 is 0 Å². The van der Waals surface area contributed by atoms with E-state index in [1.54, 1.807) is 13.0 Å². The number of aromatic nitrogens is 1. The van der Waals surface area contributed by atoms with Crippen molar-refractivity contribution in [1.82, 2.24) is 4.98 Å². The highest BCUT2D eigenvalue weighted by molar-refractivity contribution is 14.1. The average Bonchev–Trinajstić information content (AvgIpc) is 2.01. The van der Waals surface area contributed by atoms with E-state index in [-0.39, 0.29) is 12.1 Å². The molecule has 0 bridgehead atoms. The number of rotatable bonds is 2. The summed E-state index contributed by atoms with van der Waals surface area (Å²) in [7, 11) is 0. The molecule has 0 radical (unpaired) electrons. The fraction of sp³-hybridized carbons (Fsp3) is 0.375. The summed E-state index contributed by atoms with van der Waals surface area (Å²) in [5, 5.41) is 0. The van der Waals surface area contributed by atoms with Gasteiger partial charge in [0.2, 0.25) is 0 Å². The first kappa shape index (κ1) is 10.8. The van der Waals surface area contributed by atoms with Crippen molar-refractivity contribution in [2.24, 2.45) is 5.73 Å². The summed E-state index contributed by atoms with van der Waals surface area (Å²) in [5.41, 5.74) is 6.18. The Bertz CT molecular complexity index is 315. The summed E-state index contributed by atoms with van der Waals surface area (Å²) in [6.07, 6.45) is -2.50. The maximum Gasteiger partial charge on any atom is 0.265 e. The zero-order chi connectivity index (χ0) is 10.0. The molecule has 1 aromatic heterocycles. The molecule has 0 saturated carbocycles. The van der Waals surface area contributed by atoms with Gasteiger partial charge in [0.1, 0.15) is 3.70 Å². The molecule has 0 aliphatic heterocycles. The van der Waals surface area contributed by atoms with Crippen LogP contribution in [0.5, 0.6) is 0 Å². The van der Waals surface area contributed by atoms with E-state index in [4.69, 9.17) is 5.73 Å². The maximum absolute atomic E-state index is 12.5. The second-order valence-corrected chi connectivity index (χ2v) is 3.71. The van der Waals surface area contributed by atoms with Crippen LogP contribution in [0.4, 0.5) is 8.78 Å². The molecule has 0 spiro atoms. The third-order valence-corrected chi connectivity index (χ3v) is 2.29. The van der Waals surface area contributed by atoms with Crippen molar-refractivity contribution < 1.29 is 8.78 Å². The Balaban J connectivity index is 3.30. The van der Waals surface area contributed by atoms with Crippen LogP contribution in [0.2, 0.25) is 0 Å². The van der Waals surface area contributed by atoms with Crippen LogP contribution in [0, 0.1) is 10.6 Å². The van der Waals surface area contributed by atoms with Gasteiger partial charge in [0.05, 0.1) is 0 Å². The molecule has 0 aromatic carbocycles. The third kappa shape index (κ3) is 2.34. The summed E-state index contributed by atoms with van der Waals surface area (Å²) in [4.78, 5) is 3.95. The first-order valence-electron chi connectivity index (χ1n) is 3.70. The lowest BCUT2D eigenvalue weighted by Crippen LogP contribution is -2.06. The van der Waals surface area contributed by atoms with Crippen molar-refractivity contribution in [3.63, 3.8) is 0 Å². The molecule has 0 unspecified atom stereocenters. The maximum atomic E-state index is 12.5. The van der Waals surface area contributed by atoms with Crippen molar-refractivity contribution in [2.75, 3.05) is 0 Å². The monoisotopic (exact) mass is 298 g/mol. The predicted molar refractivity (Wildman–Crippen MR) is 54.5 cm³/mol. The minimum Gasteiger partial charge on any atom is -0.326 e. The van der Waals surface area contributed by atoms with Crippen LogP contribution in [-0.4, -0.2) is 4.98 Å². The Morgan fingerprint density at radius 1 is 1.62 bits per heavy atom. The van der Waals surface area contributed by atoms with Gasteiger partial charge in [0, 0.05) is 17.8 Å². The molecular formula is C8H9F2IN2. The molecule has 72 valence electrons. The molecule has 5 heteroatoms. The number of nitrogens with two attached hydrogens (primary N) is 1. The summed E-state index contributed by atoms with van der Waals surface area (Å²) in [5.74, 6) is 0. The van der Waals surface area contributed by atoms with Crippen LogP contribution in [-0.2, 0) is 6.54 Å². The zero-order valence-corrected chi connectivity index (χ0v) is 9.18. The van der Waals surface area contributed by atoms with Crippen LogP contribution in [0.15, 0.2) is 6.07 Å². The number of hydrogen-bond donors (Lipinski definition) is 1. The number of pyridine rings is 1. The first-order chi connectivity index (χ1) is 6.06. The quantitative estimate of drug-likeness (QED) is 0.672. The Hall–Kier alpha value is -0.300. The van der Waals surface area contributed by atoms with Crippen LogP contribution in [0.1, 0.15) is 23.2 Å².